The molecular formula is C17H20N2O2. The molecule has 4 nitrogen and oxygen atoms in total. The maximum absolute atomic E-state index is 12.2. The summed E-state index contributed by atoms with van der Waals surface area (Å²) in [6, 6.07) is 12.1. The van der Waals surface area contributed by atoms with Gasteiger partial charge in [-0.05, 0) is 42.5 Å². The molecule has 1 saturated carbocycles. The second-order valence-corrected chi connectivity index (χ2v) is 5.51. The highest BCUT2D eigenvalue weighted by Crippen LogP contribution is 2.35. The lowest BCUT2D eigenvalue weighted by atomic mass is 10.1. The van der Waals surface area contributed by atoms with E-state index in [9.17, 15) is 4.79 Å². The van der Waals surface area contributed by atoms with Crippen molar-refractivity contribution in [3.05, 3.63) is 59.4 Å². The zero-order chi connectivity index (χ0) is 14.7. The molecule has 0 atom stereocenters. The number of benzene rings is 1. The lowest BCUT2D eigenvalue weighted by molar-refractivity contribution is 0.0944. The molecule has 1 fully saturated rings. The Morgan fingerprint density at radius 1 is 1.19 bits per heavy atom. The van der Waals surface area contributed by atoms with Gasteiger partial charge in [-0.2, -0.15) is 0 Å². The number of nitrogens with zero attached hydrogens (tertiary/aromatic N) is 1. The van der Waals surface area contributed by atoms with Crippen LogP contribution in [-0.2, 0) is 13.0 Å². The number of hydrogen-bond donors (Lipinski definition) is 2. The minimum absolute atomic E-state index is 0.00104. The summed E-state index contributed by atoms with van der Waals surface area (Å²) in [5.41, 5.74) is 2.82. The number of aliphatic hydroxyl groups excluding tert-OH is 1. The van der Waals surface area contributed by atoms with Crippen LogP contribution in [0.15, 0.2) is 42.6 Å². The van der Waals surface area contributed by atoms with Gasteiger partial charge >= 0.3 is 0 Å². The molecule has 2 aromatic rings. The summed E-state index contributed by atoms with van der Waals surface area (Å²) in [6.07, 6.45) is 5.13. The number of aromatic nitrogens is 1. The molecule has 1 heterocycles. The van der Waals surface area contributed by atoms with Crippen molar-refractivity contribution in [1.82, 2.24) is 9.88 Å². The summed E-state index contributed by atoms with van der Waals surface area (Å²) in [5, 5.41) is 12.0. The molecule has 1 aromatic carbocycles. The standard InChI is InChI=1S/C17H20N2O2/c20-12-14-5-3-13(4-6-14)9-10-18-17(21)16-2-1-11-19(16)15-7-8-15/h1-6,11,15,20H,7-10,12H2,(H,18,21). The summed E-state index contributed by atoms with van der Waals surface area (Å²) in [5.74, 6) is -0.00104. The van der Waals surface area contributed by atoms with Gasteiger partial charge in [0.15, 0.2) is 0 Å². The smallest absolute Gasteiger partial charge is 0.267 e. The summed E-state index contributed by atoms with van der Waals surface area (Å²) in [4.78, 5) is 12.2. The van der Waals surface area contributed by atoms with E-state index in [2.05, 4.69) is 9.88 Å². The first kappa shape index (κ1) is 13.9. The third kappa shape index (κ3) is 3.34. The van der Waals surface area contributed by atoms with Crippen molar-refractivity contribution in [2.24, 2.45) is 0 Å². The van der Waals surface area contributed by atoms with Crippen molar-refractivity contribution in [1.29, 1.82) is 0 Å². The summed E-state index contributed by atoms with van der Waals surface area (Å²) < 4.78 is 2.07. The lowest BCUT2D eigenvalue weighted by Gasteiger charge is -2.09. The van der Waals surface area contributed by atoms with E-state index < -0.39 is 0 Å². The predicted octanol–water partition coefficient (Wildman–Crippen LogP) is 2.29. The zero-order valence-electron chi connectivity index (χ0n) is 12.0. The number of carbonyl (C=O) groups excluding carboxylic acids is 1. The van der Waals surface area contributed by atoms with Crippen molar-refractivity contribution < 1.29 is 9.90 Å². The van der Waals surface area contributed by atoms with Crippen LogP contribution in [0, 0.1) is 0 Å². The Hall–Kier alpha value is -2.07. The Balaban J connectivity index is 1.52. The van der Waals surface area contributed by atoms with Gasteiger partial charge in [-0.3, -0.25) is 4.79 Å². The van der Waals surface area contributed by atoms with E-state index in [4.69, 9.17) is 5.11 Å². The molecule has 0 bridgehead atoms. The van der Waals surface area contributed by atoms with Crippen molar-refractivity contribution in [3.63, 3.8) is 0 Å². The number of nitrogens with one attached hydrogen (secondary N) is 1. The van der Waals surface area contributed by atoms with Gasteiger partial charge in [-0.1, -0.05) is 24.3 Å². The fourth-order valence-corrected chi connectivity index (χ4v) is 2.48. The first-order valence-electron chi connectivity index (χ1n) is 7.41. The maximum atomic E-state index is 12.2. The third-order valence-corrected chi connectivity index (χ3v) is 3.86. The fourth-order valence-electron chi connectivity index (χ4n) is 2.48. The van der Waals surface area contributed by atoms with Gasteiger partial charge in [0.1, 0.15) is 5.69 Å². The van der Waals surface area contributed by atoms with E-state index in [0.29, 0.717) is 12.6 Å². The van der Waals surface area contributed by atoms with Crippen LogP contribution < -0.4 is 5.32 Å². The maximum Gasteiger partial charge on any atom is 0.267 e. The monoisotopic (exact) mass is 284 g/mol. The molecular weight excluding hydrogens is 264 g/mol. The Morgan fingerprint density at radius 3 is 2.57 bits per heavy atom. The van der Waals surface area contributed by atoms with Crippen LogP contribution in [0.3, 0.4) is 0 Å². The molecule has 110 valence electrons. The Morgan fingerprint density at radius 2 is 1.90 bits per heavy atom. The second-order valence-electron chi connectivity index (χ2n) is 5.51. The molecule has 3 rings (SSSR count). The van der Waals surface area contributed by atoms with Crippen LogP contribution in [0.1, 0.15) is 40.5 Å². The number of aliphatic hydroxyl groups is 1. The number of rotatable bonds is 6. The van der Waals surface area contributed by atoms with Gasteiger partial charge < -0.3 is 15.0 Å². The fraction of sp³-hybridized carbons (Fsp3) is 0.353. The lowest BCUT2D eigenvalue weighted by Crippen LogP contribution is -2.27. The van der Waals surface area contributed by atoms with Gasteiger partial charge in [0.25, 0.3) is 5.91 Å². The van der Waals surface area contributed by atoms with Crippen molar-refractivity contribution in [3.8, 4) is 0 Å². The Labute approximate surface area is 124 Å². The first-order chi connectivity index (χ1) is 10.3. The van der Waals surface area contributed by atoms with Crippen LogP contribution in [0.5, 0.6) is 0 Å². The molecule has 1 aromatic heterocycles. The molecule has 1 aliphatic carbocycles. The highest BCUT2D eigenvalue weighted by atomic mass is 16.3. The van der Waals surface area contributed by atoms with Gasteiger partial charge in [-0.15, -0.1) is 0 Å². The van der Waals surface area contributed by atoms with E-state index in [1.54, 1.807) is 0 Å². The second kappa shape index (κ2) is 6.14. The van der Waals surface area contributed by atoms with E-state index >= 15 is 0 Å². The molecule has 0 unspecified atom stereocenters. The van der Waals surface area contributed by atoms with Gasteiger partial charge in [-0.25, -0.2) is 0 Å². The summed E-state index contributed by atoms with van der Waals surface area (Å²) >= 11 is 0. The van der Waals surface area contributed by atoms with Gasteiger partial charge in [0, 0.05) is 18.8 Å². The Bertz CT molecular complexity index is 612. The molecule has 0 aliphatic heterocycles. The van der Waals surface area contributed by atoms with Gasteiger partial charge in [0.05, 0.1) is 6.61 Å². The highest BCUT2D eigenvalue weighted by Gasteiger charge is 2.26. The normalized spacial score (nSPS) is 14.1. The molecule has 1 aliphatic rings. The predicted molar refractivity (Wildman–Crippen MR) is 81.1 cm³/mol. The van der Waals surface area contributed by atoms with Crippen molar-refractivity contribution >= 4 is 5.91 Å². The molecule has 21 heavy (non-hydrogen) atoms. The zero-order valence-corrected chi connectivity index (χ0v) is 12.0. The van der Waals surface area contributed by atoms with Crippen LogP contribution in [-0.4, -0.2) is 22.1 Å². The van der Waals surface area contributed by atoms with E-state index in [0.717, 1.165) is 23.2 Å². The summed E-state index contributed by atoms with van der Waals surface area (Å²) in [7, 11) is 0. The molecule has 0 radical (unpaired) electrons. The largest absolute Gasteiger partial charge is 0.392 e. The van der Waals surface area contributed by atoms with Crippen molar-refractivity contribution in [2.75, 3.05) is 6.54 Å². The minimum Gasteiger partial charge on any atom is -0.392 e. The van der Waals surface area contributed by atoms with Gasteiger partial charge in [0.2, 0.25) is 0 Å². The number of carbonyl (C=O) groups is 1. The number of amides is 1. The van der Waals surface area contributed by atoms with Crippen LogP contribution in [0.2, 0.25) is 0 Å². The van der Waals surface area contributed by atoms with E-state index in [1.807, 2.05) is 42.6 Å². The highest BCUT2D eigenvalue weighted by molar-refractivity contribution is 5.92. The molecule has 4 heteroatoms. The van der Waals surface area contributed by atoms with Crippen LogP contribution >= 0.6 is 0 Å². The van der Waals surface area contributed by atoms with E-state index in [-0.39, 0.29) is 12.5 Å². The molecule has 2 N–H and O–H groups in total. The summed E-state index contributed by atoms with van der Waals surface area (Å²) in [6.45, 7) is 0.683. The topological polar surface area (TPSA) is 54.3 Å². The number of hydrogen-bond acceptors (Lipinski definition) is 2. The van der Waals surface area contributed by atoms with Crippen molar-refractivity contribution in [2.45, 2.75) is 31.9 Å². The minimum atomic E-state index is -0.00104. The van der Waals surface area contributed by atoms with E-state index in [1.165, 1.54) is 12.8 Å². The third-order valence-electron chi connectivity index (χ3n) is 3.86. The Kier molecular flexibility index (Phi) is 4.06. The quantitative estimate of drug-likeness (QED) is 0.855. The average molecular weight is 284 g/mol. The molecule has 1 amide bonds. The molecule has 0 spiro atoms. The van der Waals surface area contributed by atoms with Crippen LogP contribution in [0.25, 0.3) is 0 Å². The van der Waals surface area contributed by atoms with Crippen LogP contribution in [0.4, 0.5) is 0 Å². The molecule has 0 saturated heterocycles. The first-order valence-corrected chi connectivity index (χ1v) is 7.41. The average Bonchev–Trinajstić information content (AvgIpc) is 3.24. The SMILES string of the molecule is O=C(NCCc1ccc(CO)cc1)c1cccn1C1CC1.